The molecule has 2 nitrogen and oxygen atoms in total. The number of nitrogens with one attached hydrogen (secondary N) is 1. The molecule has 2 rings (SSSR count). The largest absolute Gasteiger partial charge is 0.497 e. The van der Waals surface area contributed by atoms with E-state index in [1.807, 2.05) is 12.1 Å². The minimum absolute atomic E-state index is 0.910. The van der Waals surface area contributed by atoms with E-state index in [9.17, 15) is 0 Å². The maximum atomic E-state index is 5.16. The molecule has 2 aromatic rings. The van der Waals surface area contributed by atoms with Gasteiger partial charge in [-0.1, -0.05) is 37.6 Å². The predicted molar refractivity (Wildman–Crippen MR) is 85.6 cm³/mol. The van der Waals surface area contributed by atoms with Crippen LogP contribution in [0.5, 0.6) is 5.75 Å². The fourth-order valence-electron chi connectivity index (χ4n) is 2.22. The molecule has 0 heterocycles. The summed E-state index contributed by atoms with van der Waals surface area (Å²) in [6.45, 7) is 3.15. The molecule has 0 radical (unpaired) electrons. The summed E-state index contributed by atoms with van der Waals surface area (Å²) in [5, 5.41) is 3.46. The first-order chi connectivity index (χ1) is 9.81. The van der Waals surface area contributed by atoms with Crippen LogP contribution in [-0.2, 0) is 12.8 Å². The van der Waals surface area contributed by atoms with E-state index < -0.39 is 0 Å². The molecule has 0 aromatic heterocycles. The summed E-state index contributed by atoms with van der Waals surface area (Å²) in [5.41, 5.74) is 3.92. The molecule has 0 aliphatic rings. The van der Waals surface area contributed by atoms with Crippen LogP contribution in [0.25, 0.3) is 0 Å². The molecule has 0 aliphatic heterocycles. The van der Waals surface area contributed by atoms with Gasteiger partial charge in [-0.25, -0.2) is 0 Å². The highest BCUT2D eigenvalue weighted by atomic mass is 16.5. The Labute approximate surface area is 121 Å². The Hall–Kier alpha value is -1.96. The van der Waals surface area contributed by atoms with Gasteiger partial charge >= 0.3 is 0 Å². The van der Waals surface area contributed by atoms with Crippen molar-refractivity contribution in [3.63, 3.8) is 0 Å². The summed E-state index contributed by atoms with van der Waals surface area (Å²) >= 11 is 0. The van der Waals surface area contributed by atoms with Crippen molar-refractivity contribution in [3.05, 3.63) is 59.7 Å². The summed E-state index contributed by atoms with van der Waals surface area (Å²) in [5.74, 6) is 0.910. The average molecular weight is 269 g/mol. The molecule has 0 unspecified atom stereocenters. The molecule has 0 saturated heterocycles. The number of hydrogen-bond acceptors (Lipinski definition) is 2. The minimum Gasteiger partial charge on any atom is -0.497 e. The zero-order valence-electron chi connectivity index (χ0n) is 12.4. The monoisotopic (exact) mass is 269 g/mol. The lowest BCUT2D eigenvalue weighted by atomic mass is 10.1. The first-order valence-electron chi connectivity index (χ1n) is 7.27. The van der Waals surface area contributed by atoms with Gasteiger partial charge in [0.05, 0.1) is 7.11 Å². The van der Waals surface area contributed by atoms with E-state index in [1.165, 1.54) is 23.2 Å². The number of benzene rings is 2. The summed E-state index contributed by atoms with van der Waals surface area (Å²) in [4.78, 5) is 0. The van der Waals surface area contributed by atoms with E-state index in [-0.39, 0.29) is 0 Å². The zero-order valence-corrected chi connectivity index (χ0v) is 12.4. The van der Waals surface area contributed by atoms with Gasteiger partial charge in [-0.3, -0.25) is 0 Å². The van der Waals surface area contributed by atoms with Crippen molar-refractivity contribution in [3.8, 4) is 5.75 Å². The summed E-state index contributed by atoms with van der Waals surface area (Å²) in [6.07, 6.45) is 3.37. The molecule has 0 bridgehead atoms. The van der Waals surface area contributed by atoms with Gasteiger partial charge in [0.2, 0.25) is 0 Å². The van der Waals surface area contributed by atoms with Crippen LogP contribution in [0, 0.1) is 0 Å². The van der Waals surface area contributed by atoms with Crippen molar-refractivity contribution in [2.24, 2.45) is 0 Å². The van der Waals surface area contributed by atoms with Crippen molar-refractivity contribution >= 4 is 5.69 Å². The fraction of sp³-hybridized carbons (Fsp3) is 0.333. The van der Waals surface area contributed by atoms with Gasteiger partial charge in [0.15, 0.2) is 0 Å². The molecular formula is C18H23NO. The normalized spacial score (nSPS) is 10.3. The maximum absolute atomic E-state index is 5.16. The van der Waals surface area contributed by atoms with Gasteiger partial charge in [-0.2, -0.15) is 0 Å². The van der Waals surface area contributed by atoms with Crippen molar-refractivity contribution < 1.29 is 4.74 Å². The molecule has 1 N–H and O–H groups in total. The number of ether oxygens (including phenoxy) is 1. The lowest BCUT2D eigenvalue weighted by Gasteiger charge is -2.08. The summed E-state index contributed by atoms with van der Waals surface area (Å²) in [6, 6.07) is 17.0. The van der Waals surface area contributed by atoms with Crippen molar-refractivity contribution in [1.82, 2.24) is 0 Å². The third-order valence-electron chi connectivity index (χ3n) is 3.39. The highest BCUT2D eigenvalue weighted by Gasteiger charge is 1.96. The highest BCUT2D eigenvalue weighted by Crippen LogP contribution is 2.13. The van der Waals surface area contributed by atoms with E-state index >= 15 is 0 Å². The Bertz CT molecular complexity index is 502. The lowest BCUT2D eigenvalue weighted by Crippen LogP contribution is -2.04. The third kappa shape index (κ3) is 4.30. The Kier molecular flexibility index (Phi) is 5.48. The number of rotatable bonds is 7. The van der Waals surface area contributed by atoms with Crippen LogP contribution in [0.15, 0.2) is 48.5 Å². The van der Waals surface area contributed by atoms with Crippen molar-refractivity contribution in [2.45, 2.75) is 26.2 Å². The van der Waals surface area contributed by atoms with Gasteiger partial charge < -0.3 is 10.1 Å². The van der Waals surface area contributed by atoms with Crippen molar-refractivity contribution in [1.29, 1.82) is 0 Å². The first kappa shape index (κ1) is 14.4. The topological polar surface area (TPSA) is 21.3 Å². The molecule has 0 atom stereocenters. The second-order valence-corrected chi connectivity index (χ2v) is 4.97. The first-order valence-corrected chi connectivity index (χ1v) is 7.27. The van der Waals surface area contributed by atoms with Crippen LogP contribution in [-0.4, -0.2) is 13.7 Å². The van der Waals surface area contributed by atoms with E-state index in [2.05, 4.69) is 48.6 Å². The number of hydrogen-bond donors (Lipinski definition) is 1. The Morgan fingerprint density at radius 1 is 0.850 bits per heavy atom. The second kappa shape index (κ2) is 7.59. The maximum Gasteiger partial charge on any atom is 0.118 e. The fourth-order valence-corrected chi connectivity index (χ4v) is 2.22. The molecule has 20 heavy (non-hydrogen) atoms. The van der Waals surface area contributed by atoms with Gasteiger partial charge in [0.25, 0.3) is 0 Å². The Morgan fingerprint density at radius 2 is 1.45 bits per heavy atom. The molecule has 0 saturated carbocycles. The van der Waals surface area contributed by atoms with Crippen LogP contribution < -0.4 is 10.1 Å². The van der Waals surface area contributed by atoms with E-state index in [1.54, 1.807) is 7.11 Å². The van der Waals surface area contributed by atoms with Gasteiger partial charge in [-0.05, 0) is 48.2 Å². The predicted octanol–water partition coefficient (Wildman–Crippen LogP) is 4.30. The Balaban J connectivity index is 1.79. The summed E-state index contributed by atoms with van der Waals surface area (Å²) in [7, 11) is 1.69. The second-order valence-electron chi connectivity index (χ2n) is 4.97. The standard InChI is InChI=1S/C18H23NO/c1-3-4-15-5-9-17(10-6-15)19-14-13-16-7-11-18(20-2)12-8-16/h5-12,19H,3-4,13-14H2,1-2H3. The third-order valence-corrected chi connectivity index (χ3v) is 3.39. The van der Waals surface area contributed by atoms with Gasteiger partial charge in [-0.15, -0.1) is 0 Å². The van der Waals surface area contributed by atoms with E-state index in [4.69, 9.17) is 4.74 Å². The average Bonchev–Trinajstić information content (AvgIpc) is 2.50. The summed E-state index contributed by atoms with van der Waals surface area (Å²) < 4.78 is 5.16. The van der Waals surface area contributed by atoms with Crippen LogP contribution in [0.3, 0.4) is 0 Å². The molecule has 0 amide bonds. The Morgan fingerprint density at radius 3 is 2.05 bits per heavy atom. The van der Waals surface area contributed by atoms with Gasteiger partial charge in [0, 0.05) is 12.2 Å². The quantitative estimate of drug-likeness (QED) is 0.809. The highest BCUT2D eigenvalue weighted by molar-refractivity contribution is 5.44. The van der Waals surface area contributed by atoms with Gasteiger partial charge in [0.1, 0.15) is 5.75 Å². The van der Waals surface area contributed by atoms with Crippen LogP contribution in [0.1, 0.15) is 24.5 Å². The molecular weight excluding hydrogens is 246 g/mol. The lowest BCUT2D eigenvalue weighted by molar-refractivity contribution is 0.414. The van der Waals surface area contributed by atoms with Crippen LogP contribution in [0.2, 0.25) is 0 Å². The zero-order chi connectivity index (χ0) is 14.2. The van der Waals surface area contributed by atoms with E-state index in [0.29, 0.717) is 0 Å². The number of anilines is 1. The molecule has 2 aromatic carbocycles. The number of aryl methyl sites for hydroxylation is 1. The molecule has 0 spiro atoms. The van der Waals surface area contributed by atoms with Crippen LogP contribution >= 0.6 is 0 Å². The molecule has 0 aliphatic carbocycles. The smallest absolute Gasteiger partial charge is 0.118 e. The van der Waals surface area contributed by atoms with Crippen LogP contribution in [0.4, 0.5) is 5.69 Å². The SMILES string of the molecule is CCCc1ccc(NCCc2ccc(OC)cc2)cc1. The molecule has 0 fully saturated rings. The van der Waals surface area contributed by atoms with E-state index in [0.717, 1.165) is 25.1 Å². The molecule has 2 heteroatoms. The minimum atomic E-state index is 0.910. The van der Waals surface area contributed by atoms with Crippen molar-refractivity contribution in [2.75, 3.05) is 19.0 Å². The number of methoxy groups -OCH3 is 1. The molecule has 106 valence electrons.